The molecule has 0 aliphatic rings. The highest BCUT2D eigenvalue weighted by atomic mass is 32.2. The van der Waals surface area contributed by atoms with Crippen LogP contribution >= 0.6 is 0 Å². The molecule has 2 aromatic heterocycles. The van der Waals surface area contributed by atoms with Crippen molar-refractivity contribution in [2.45, 2.75) is 18.1 Å². The third-order valence-corrected chi connectivity index (χ3v) is 3.70. The molecular weight excluding hydrogens is 268 g/mol. The molecule has 2 N–H and O–H groups in total. The van der Waals surface area contributed by atoms with Gasteiger partial charge in [0.2, 0.25) is 0 Å². The number of hydrogen-bond acceptors (Lipinski definition) is 6. The van der Waals surface area contributed by atoms with Crippen molar-refractivity contribution in [3.8, 4) is 0 Å². The summed E-state index contributed by atoms with van der Waals surface area (Å²) in [5.41, 5.74) is 1.42. The second kappa shape index (κ2) is 5.91. The molecule has 0 radical (unpaired) electrons. The average Bonchev–Trinajstić information content (AvgIpc) is 2.91. The van der Waals surface area contributed by atoms with E-state index in [9.17, 15) is 8.42 Å². The van der Waals surface area contributed by atoms with E-state index < -0.39 is 10.0 Å². The summed E-state index contributed by atoms with van der Waals surface area (Å²) in [6.45, 7) is 0.707. The van der Waals surface area contributed by atoms with Crippen LogP contribution in [0.15, 0.2) is 40.2 Å². The summed E-state index contributed by atoms with van der Waals surface area (Å²) in [6.07, 6.45) is 2.91. The van der Waals surface area contributed by atoms with E-state index in [0.29, 0.717) is 12.2 Å². The molecule has 2 heterocycles. The highest BCUT2D eigenvalue weighted by molar-refractivity contribution is 7.89. The molecule has 8 heteroatoms. The number of pyridine rings is 1. The van der Waals surface area contributed by atoms with Crippen molar-refractivity contribution in [3.63, 3.8) is 0 Å². The van der Waals surface area contributed by atoms with Gasteiger partial charge in [-0.1, -0.05) is 11.2 Å². The van der Waals surface area contributed by atoms with Gasteiger partial charge in [-0.2, -0.15) is 0 Å². The predicted molar refractivity (Wildman–Crippen MR) is 67.5 cm³/mol. The van der Waals surface area contributed by atoms with Gasteiger partial charge in [0.25, 0.3) is 10.0 Å². The van der Waals surface area contributed by atoms with E-state index in [4.69, 9.17) is 0 Å². The molecular formula is C11H14N4O3S. The summed E-state index contributed by atoms with van der Waals surface area (Å²) >= 11 is 0. The lowest BCUT2D eigenvalue weighted by molar-refractivity contribution is 0.411. The number of aromatic nitrogens is 2. The van der Waals surface area contributed by atoms with E-state index in [1.807, 2.05) is 7.05 Å². The Hall–Kier alpha value is -1.77. The Labute approximate surface area is 111 Å². The molecule has 0 bridgehead atoms. The molecule has 0 saturated carbocycles. The molecule has 0 aliphatic heterocycles. The van der Waals surface area contributed by atoms with E-state index in [-0.39, 0.29) is 11.6 Å². The number of sulfonamides is 1. The zero-order chi connectivity index (χ0) is 13.7. The molecule has 0 aliphatic carbocycles. The molecule has 0 spiro atoms. The molecule has 0 fully saturated rings. The quantitative estimate of drug-likeness (QED) is 0.789. The second-order valence-corrected chi connectivity index (χ2v) is 5.56. The third kappa shape index (κ3) is 3.60. The Balaban J connectivity index is 2.06. The first-order valence-electron chi connectivity index (χ1n) is 5.60. The van der Waals surface area contributed by atoms with Crippen molar-refractivity contribution in [1.29, 1.82) is 0 Å². The van der Waals surface area contributed by atoms with E-state index in [0.717, 1.165) is 5.56 Å². The molecule has 2 aromatic rings. The van der Waals surface area contributed by atoms with Gasteiger partial charge in [0.15, 0.2) is 5.03 Å². The maximum absolute atomic E-state index is 11.9. The van der Waals surface area contributed by atoms with Crippen LogP contribution in [0.1, 0.15) is 11.3 Å². The largest absolute Gasteiger partial charge is 0.364 e. The minimum absolute atomic E-state index is 0.0177. The standard InChI is InChI=1S/C11H14N4O3S/c1-12-6-9-2-3-11(13-7-9)19(16,17)14-8-10-4-5-18-15-10/h2-5,7,12,14H,6,8H2,1H3. The van der Waals surface area contributed by atoms with Crippen molar-refractivity contribution in [2.75, 3.05) is 7.05 Å². The maximum atomic E-state index is 11.9. The van der Waals surface area contributed by atoms with Crippen LogP contribution in [-0.2, 0) is 23.1 Å². The smallest absolute Gasteiger partial charge is 0.258 e. The monoisotopic (exact) mass is 282 g/mol. The minimum Gasteiger partial charge on any atom is -0.364 e. The fourth-order valence-electron chi connectivity index (χ4n) is 1.45. The number of rotatable bonds is 6. The summed E-state index contributed by atoms with van der Waals surface area (Å²) in [5, 5.41) is 6.57. The third-order valence-electron chi connectivity index (χ3n) is 2.39. The van der Waals surface area contributed by atoms with Gasteiger partial charge in [-0.05, 0) is 18.7 Å². The Bertz CT molecular complexity index is 608. The van der Waals surface area contributed by atoms with Crippen molar-refractivity contribution in [2.24, 2.45) is 0 Å². The summed E-state index contributed by atoms with van der Waals surface area (Å²) in [6, 6.07) is 4.78. The SMILES string of the molecule is CNCc1ccc(S(=O)(=O)NCc2ccon2)nc1. The Kier molecular flexibility index (Phi) is 4.25. The van der Waals surface area contributed by atoms with Crippen LogP contribution < -0.4 is 10.0 Å². The molecule has 102 valence electrons. The summed E-state index contributed by atoms with van der Waals surface area (Å²) in [4.78, 5) is 3.93. The maximum Gasteiger partial charge on any atom is 0.258 e. The highest BCUT2D eigenvalue weighted by Crippen LogP contribution is 2.07. The fraction of sp³-hybridized carbons (Fsp3) is 0.273. The van der Waals surface area contributed by atoms with Crippen LogP contribution in [0.5, 0.6) is 0 Å². The van der Waals surface area contributed by atoms with Gasteiger partial charge in [-0.15, -0.1) is 0 Å². The van der Waals surface area contributed by atoms with Gasteiger partial charge in [-0.25, -0.2) is 18.1 Å². The molecule has 19 heavy (non-hydrogen) atoms. The van der Waals surface area contributed by atoms with Crippen LogP contribution in [0.3, 0.4) is 0 Å². The lowest BCUT2D eigenvalue weighted by Gasteiger charge is -2.05. The van der Waals surface area contributed by atoms with E-state index in [2.05, 4.69) is 24.7 Å². The lowest BCUT2D eigenvalue weighted by Crippen LogP contribution is -2.24. The second-order valence-electron chi connectivity index (χ2n) is 3.85. The average molecular weight is 282 g/mol. The topological polar surface area (TPSA) is 97.1 Å². The van der Waals surface area contributed by atoms with Gasteiger partial charge in [0, 0.05) is 18.8 Å². The summed E-state index contributed by atoms with van der Waals surface area (Å²) < 4.78 is 30.9. The van der Waals surface area contributed by atoms with Crippen molar-refractivity contribution in [1.82, 2.24) is 20.2 Å². The van der Waals surface area contributed by atoms with Gasteiger partial charge in [0.05, 0.1) is 12.2 Å². The molecule has 2 rings (SSSR count). The van der Waals surface area contributed by atoms with Crippen LogP contribution in [-0.4, -0.2) is 25.6 Å². The Morgan fingerprint density at radius 1 is 1.26 bits per heavy atom. The molecule has 0 unspecified atom stereocenters. The first-order chi connectivity index (χ1) is 9.12. The minimum atomic E-state index is -3.63. The summed E-state index contributed by atoms with van der Waals surface area (Å²) in [7, 11) is -1.82. The van der Waals surface area contributed by atoms with E-state index in [1.165, 1.54) is 18.5 Å². The molecule has 0 amide bonds. The normalized spacial score (nSPS) is 11.6. The van der Waals surface area contributed by atoms with Crippen LogP contribution in [0.4, 0.5) is 0 Å². The van der Waals surface area contributed by atoms with Crippen LogP contribution in [0.2, 0.25) is 0 Å². The Morgan fingerprint density at radius 3 is 2.68 bits per heavy atom. The van der Waals surface area contributed by atoms with Gasteiger partial charge >= 0.3 is 0 Å². The van der Waals surface area contributed by atoms with Crippen molar-refractivity contribution < 1.29 is 12.9 Å². The number of nitrogens with zero attached hydrogens (tertiary/aromatic N) is 2. The fourth-order valence-corrected chi connectivity index (χ4v) is 2.37. The number of hydrogen-bond donors (Lipinski definition) is 2. The van der Waals surface area contributed by atoms with E-state index >= 15 is 0 Å². The van der Waals surface area contributed by atoms with Crippen LogP contribution in [0, 0.1) is 0 Å². The first kappa shape index (κ1) is 13.7. The van der Waals surface area contributed by atoms with Gasteiger partial charge in [0.1, 0.15) is 6.26 Å². The zero-order valence-corrected chi connectivity index (χ0v) is 11.1. The Morgan fingerprint density at radius 2 is 2.11 bits per heavy atom. The molecule has 0 aromatic carbocycles. The van der Waals surface area contributed by atoms with Gasteiger partial charge in [-0.3, -0.25) is 0 Å². The number of nitrogens with one attached hydrogen (secondary N) is 2. The first-order valence-corrected chi connectivity index (χ1v) is 7.08. The van der Waals surface area contributed by atoms with Gasteiger partial charge < -0.3 is 9.84 Å². The van der Waals surface area contributed by atoms with Crippen molar-refractivity contribution in [3.05, 3.63) is 41.9 Å². The molecule has 7 nitrogen and oxygen atoms in total. The highest BCUT2D eigenvalue weighted by Gasteiger charge is 2.15. The van der Waals surface area contributed by atoms with Crippen molar-refractivity contribution >= 4 is 10.0 Å². The zero-order valence-electron chi connectivity index (χ0n) is 10.3. The molecule has 0 saturated heterocycles. The molecule has 0 atom stereocenters. The predicted octanol–water partition coefficient (Wildman–Crippen LogP) is 0.267. The summed E-state index contributed by atoms with van der Waals surface area (Å²) in [5.74, 6) is 0. The lowest BCUT2D eigenvalue weighted by atomic mass is 10.3. The van der Waals surface area contributed by atoms with E-state index in [1.54, 1.807) is 12.1 Å². The van der Waals surface area contributed by atoms with Crippen LogP contribution in [0.25, 0.3) is 0 Å².